The van der Waals surface area contributed by atoms with Crippen LogP contribution in [0, 0.1) is 32.1 Å². The average Bonchev–Trinajstić information content (AvgIpc) is 2.72. The van der Waals surface area contributed by atoms with Gasteiger partial charge in [-0.2, -0.15) is 5.26 Å². The highest BCUT2D eigenvalue weighted by Gasteiger charge is 2.22. The summed E-state index contributed by atoms with van der Waals surface area (Å²) in [6, 6.07) is 12.5. The zero-order chi connectivity index (χ0) is 22.8. The summed E-state index contributed by atoms with van der Waals surface area (Å²) >= 11 is 0. The van der Waals surface area contributed by atoms with Gasteiger partial charge in [-0.3, -0.25) is 4.72 Å². The zero-order valence-electron chi connectivity index (χ0n) is 17.0. The van der Waals surface area contributed by atoms with Crippen LogP contribution in [0.5, 0.6) is 11.6 Å². The molecular formula is C22H19N3O5S. The number of carboxylic acids is 1. The number of aryl methyl sites for hydroxylation is 2. The molecule has 1 aromatic heterocycles. The van der Waals surface area contributed by atoms with Crippen molar-refractivity contribution in [1.29, 1.82) is 5.26 Å². The van der Waals surface area contributed by atoms with E-state index in [0.717, 1.165) is 6.07 Å². The van der Waals surface area contributed by atoms with Gasteiger partial charge in [0.05, 0.1) is 16.1 Å². The van der Waals surface area contributed by atoms with E-state index in [1.807, 2.05) is 6.07 Å². The van der Waals surface area contributed by atoms with Crippen molar-refractivity contribution < 1.29 is 23.1 Å². The number of aromatic nitrogens is 1. The standard InChI is InChI=1S/C22H19N3O5S/c1-13-9-17(22(26)27)11-20(15(13)3)31(28,29)25-19-7-6-18(10-14(19)2)30-21-16(12-23)5-4-8-24-21/h4-11,25H,1-3H3,(H,26,27). The summed E-state index contributed by atoms with van der Waals surface area (Å²) in [5.74, 6) is -0.673. The smallest absolute Gasteiger partial charge is 0.335 e. The summed E-state index contributed by atoms with van der Waals surface area (Å²) in [6.45, 7) is 4.98. The zero-order valence-corrected chi connectivity index (χ0v) is 17.8. The van der Waals surface area contributed by atoms with Crippen molar-refractivity contribution in [3.05, 3.63) is 76.5 Å². The Hall–Kier alpha value is -3.90. The van der Waals surface area contributed by atoms with Crippen LogP contribution in [-0.2, 0) is 10.0 Å². The van der Waals surface area contributed by atoms with Crippen molar-refractivity contribution in [2.45, 2.75) is 25.7 Å². The van der Waals surface area contributed by atoms with Crippen LogP contribution < -0.4 is 9.46 Å². The fraction of sp³-hybridized carbons (Fsp3) is 0.136. The number of anilines is 1. The molecule has 0 aliphatic heterocycles. The molecule has 1 heterocycles. The number of nitrogens with zero attached hydrogens (tertiary/aromatic N) is 2. The predicted molar refractivity (Wildman–Crippen MR) is 114 cm³/mol. The van der Waals surface area contributed by atoms with Crippen molar-refractivity contribution in [2.75, 3.05) is 4.72 Å². The number of ether oxygens (including phenoxy) is 1. The second kappa shape index (κ2) is 8.45. The van der Waals surface area contributed by atoms with E-state index < -0.39 is 16.0 Å². The van der Waals surface area contributed by atoms with Gasteiger partial charge in [-0.25, -0.2) is 18.2 Å². The molecule has 3 aromatic rings. The van der Waals surface area contributed by atoms with Gasteiger partial charge in [-0.05, 0) is 79.9 Å². The topological polar surface area (TPSA) is 129 Å². The highest BCUT2D eigenvalue weighted by atomic mass is 32.2. The Kier molecular flexibility index (Phi) is 5.95. The summed E-state index contributed by atoms with van der Waals surface area (Å²) in [5.41, 5.74) is 2.08. The minimum atomic E-state index is -4.04. The molecule has 2 aromatic carbocycles. The maximum Gasteiger partial charge on any atom is 0.335 e. The molecule has 0 spiro atoms. The summed E-state index contributed by atoms with van der Waals surface area (Å²) in [5, 5.41) is 18.4. The SMILES string of the molecule is Cc1cc(Oc2ncccc2C#N)ccc1NS(=O)(=O)c1cc(C(=O)O)cc(C)c1C. The Labute approximate surface area is 179 Å². The summed E-state index contributed by atoms with van der Waals surface area (Å²) < 4.78 is 34.1. The summed E-state index contributed by atoms with van der Waals surface area (Å²) in [4.78, 5) is 15.3. The van der Waals surface area contributed by atoms with Crippen LogP contribution >= 0.6 is 0 Å². The number of nitriles is 1. The van der Waals surface area contributed by atoms with Crippen LogP contribution in [0.15, 0.2) is 53.6 Å². The molecule has 2 N–H and O–H groups in total. The number of pyridine rings is 1. The first-order valence-corrected chi connectivity index (χ1v) is 10.6. The van der Waals surface area contributed by atoms with E-state index in [2.05, 4.69) is 9.71 Å². The van der Waals surface area contributed by atoms with Crippen LogP contribution in [0.1, 0.15) is 32.6 Å². The number of hydrogen-bond donors (Lipinski definition) is 2. The first kappa shape index (κ1) is 21.8. The van der Waals surface area contributed by atoms with Crippen molar-refractivity contribution in [3.8, 4) is 17.7 Å². The van der Waals surface area contributed by atoms with Gasteiger partial charge in [-0.1, -0.05) is 0 Å². The van der Waals surface area contributed by atoms with Crippen LogP contribution in [-0.4, -0.2) is 24.5 Å². The van der Waals surface area contributed by atoms with E-state index in [-0.39, 0.29) is 21.9 Å². The number of benzene rings is 2. The Bertz CT molecular complexity index is 1330. The Balaban J connectivity index is 1.91. The second-order valence-electron chi connectivity index (χ2n) is 6.87. The van der Waals surface area contributed by atoms with Crippen LogP contribution in [0.25, 0.3) is 0 Å². The number of carbonyl (C=O) groups is 1. The van der Waals surface area contributed by atoms with E-state index in [9.17, 15) is 18.3 Å². The van der Waals surface area contributed by atoms with E-state index in [1.54, 1.807) is 45.0 Å². The molecule has 0 saturated carbocycles. The van der Waals surface area contributed by atoms with E-state index in [1.165, 1.54) is 18.3 Å². The maximum absolute atomic E-state index is 13.0. The lowest BCUT2D eigenvalue weighted by Gasteiger charge is -2.15. The van der Waals surface area contributed by atoms with E-state index >= 15 is 0 Å². The second-order valence-corrected chi connectivity index (χ2v) is 8.52. The van der Waals surface area contributed by atoms with Gasteiger partial charge in [0.15, 0.2) is 0 Å². The molecule has 0 aliphatic carbocycles. The molecule has 9 heteroatoms. The van der Waals surface area contributed by atoms with Crippen molar-refractivity contribution in [2.24, 2.45) is 0 Å². The fourth-order valence-corrected chi connectivity index (χ4v) is 4.39. The van der Waals surface area contributed by atoms with Gasteiger partial charge < -0.3 is 9.84 Å². The summed E-state index contributed by atoms with van der Waals surface area (Å²) in [7, 11) is -4.04. The molecule has 0 bridgehead atoms. The molecule has 158 valence electrons. The minimum Gasteiger partial charge on any atom is -0.478 e. The van der Waals surface area contributed by atoms with Crippen LogP contribution in [0.4, 0.5) is 5.69 Å². The lowest BCUT2D eigenvalue weighted by molar-refractivity contribution is 0.0696. The first-order chi connectivity index (χ1) is 14.6. The number of hydrogen-bond acceptors (Lipinski definition) is 6. The van der Waals surface area contributed by atoms with Gasteiger partial charge in [-0.15, -0.1) is 0 Å². The third-order valence-corrected chi connectivity index (χ3v) is 6.20. The Morgan fingerprint density at radius 1 is 1.13 bits per heavy atom. The molecular weight excluding hydrogens is 418 g/mol. The largest absolute Gasteiger partial charge is 0.478 e. The molecule has 0 amide bonds. The molecule has 31 heavy (non-hydrogen) atoms. The maximum atomic E-state index is 13.0. The van der Waals surface area contributed by atoms with Gasteiger partial charge in [0.25, 0.3) is 10.0 Å². The lowest BCUT2D eigenvalue weighted by atomic mass is 10.1. The quantitative estimate of drug-likeness (QED) is 0.592. The lowest BCUT2D eigenvalue weighted by Crippen LogP contribution is -2.16. The number of aromatic carboxylic acids is 1. The minimum absolute atomic E-state index is 0.100. The first-order valence-electron chi connectivity index (χ1n) is 9.13. The van der Waals surface area contributed by atoms with Gasteiger partial charge in [0, 0.05) is 6.20 Å². The molecule has 0 unspecified atom stereocenters. The van der Waals surface area contributed by atoms with Crippen LogP contribution in [0.3, 0.4) is 0 Å². The third-order valence-electron chi connectivity index (χ3n) is 4.70. The summed E-state index contributed by atoms with van der Waals surface area (Å²) in [6.07, 6.45) is 1.50. The van der Waals surface area contributed by atoms with Crippen molar-refractivity contribution in [3.63, 3.8) is 0 Å². The highest BCUT2D eigenvalue weighted by Crippen LogP contribution is 2.29. The number of rotatable bonds is 6. The fourth-order valence-electron chi connectivity index (χ4n) is 2.91. The molecule has 0 radical (unpaired) electrons. The Morgan fingerprint density at radius 3 is 2.52 bits per heavy atom. The van der Waals surface area contributed by atoms with Gasteiger partial charge >= 0.3 is 5.97 Å². The monoisotopic (exact) mass is 437 g/mol. The number of nitrogens with one attached hydrogen (secondary N) is 1. The van der Waals surface area contributed by atoms with E-state index in [4.69, 9.17) is 10.00 Å². The van der Waals surface area contributed by atoms with Crippen molar-refractivity contribution in [1.82, 2.24) is 4.98 Å². The molecule has 0 fully saturated rings. The molecule has 0 atom stereocenters. The molecule has 0 aliphatic rings. The highest BCUT2D eigenvalue weighted by molar-refractivity contribution is 7.92. The predicted octanol–water partition coefficient (Wildman–Crippen LogP) is 4.17. The number of sulfonamides is 1. The normalized spacial score (nSPS) is 10.9. The Morgan fingerprint density at radius 2 is 1.87 bits per heavy atom. The van der Waals surface area contributed by atoms with Gasteiger partial charge in [0.1, 0.15) is 17.4 Å². The molecule has 8 nitrogen and oxygen atoms in total. The number of carboxylic acid groups (broad SMARTS) is 1. The van der Waals surface area contributed by atoms with E-state index in [0.29, 0.717) is 28.1 Å². The van der Waals surface area contributed by atoms with Gasteiger partial charge in [0.2, 0.25) is 5.88 Å². The van der Waals surface area contributed by atoms with Crippen molar-refractivity contribution >= 4 is 21.7 Å². The average molecular weight is 437 g/mol. The third kappa shape index (κ3) is 4.65. The molecule has 3 rings (SSSR count). The molecule has 0 saturated heterocycles. The van der Waals surface area contributed by atoms with Crippen LogP contribution in [0.2, 0.25) is 0 Å².